The van der Waals surface area contributed by atoms with Crippen LogP contribution in [0.5, 0.6) is 0 Å². The van der Waals surface area contributed by atoms with Crippen molar-refractivity contribution < 1.29 is 9.59 Å². The summed E-state index contributed by atoms with van der Waals surface area (Å²) in [5.41, 5.74) is 2.24. The van der Waals surface area contributed by atoms with E-state index in [1.807, 2.05) is 55.5 Å². The van der Waals surface area contributed by atoms with Crippen LogP contribution in [0.1, 0.15) is 68.5 Å². The van der Waals surface area contributed by atoms with Crippen LogP contribution >= 0.6 is 0 Å². The van der Waals surface area contributed by atoms with Crippen molar-refractivity contribution in [2.45, 2.75) is 63.5 Å². The van der Waals surface area contributed by atoms with Gasteiger partial charge in [0.25, 0.3) is 0 Å². The summed E-state index contributed by atoms with van der Waals surface area (Å²) in [6, 6.07) is 20.6. The number of hydrogen-bond donors (Lipinski definition) is 2. The van der Waals surface area contributed by atoms with E-state index in [0.29, 0.717) is 0 Å². The Bertz CT molecular complexity index is 890. The summed E-state index contributed by atoms with van der Waals surface area (Å²) in [4.78, 5) is 27.8. The average Bonchev–Trinajstić information content (AvgIpc) is 2.82. The molecule has 2 fully saturated rings. The van der Waals surface area contributed by atoms with Gasteiger partial charge in [0.05, 0.1) is 12.0 Å². The standard InChI is InChI=1S/C28H37N3O2/c1-21(22-9-4-2-5-10-22)27(32)29-25-15-18-31(19-16-25)20-17-26(23-11-6-3-7-12-23)30-28(33)24-13-8-14-24/h2-7,9-12,21,24-26H,8,13-20H2,1H3,(H,29,32)(H,30,33)/t21-,26?/m0/s1. The van der Waals surface area contributed by atoms with Crippen molar-refractivity contribution in [2.75, 3.05) is 19.6 Å². The quantitative estimate of drug-likeness (QED) is 0.598. The fourth-order valence-electron chi connectivity index (χ4n) is 4.80. The van der Waals surface area contributed by atoms with Gasteiger partial charge in [0.2, 0.25) is 11.8 Å². The number of carbonyl (C=O) groups excluding carboxylic acids is 2. The number of rotatable bonds is 9. The minimum Gasteiger partial charge on any atom is -0.353 e. The van der Waals surface area contributed by atoms with E-state index in [4.69, 9.17) is 0 Å². The maximum Gasteiger partial charge on any atom is 0.227 e. The normalized spacial score (nSPS) is 19.3. The molecule has 176 valence electrons. The Labute approximate surface area is 197 Å². The van der Waals surface area contributed by atoms with Crippen LogP contribution in [0.25, 0.3) is 0 Å². The molecule has 33 heavy (non-hydrogen) atoms. The Morgan fingerprint density at radius 1 is 0.909 bits per heavy atom. The third kappa shape index (κ3) is 6.44. The first kappa shape index (κ1) is 23.5. The van der Waals surface area contributed by atoms with Crippen molar-refractivity contribution in [3.05, 3.63) is 71.8 Å². The summed E-state index contributed by atoms with van der Waals surface area (Å²) in [5, 5.41) is 6.57. The zero-order valence-electron chi connectivity index (χ0n) is 19.7. The van der Waals surface area contributed by atoms with E-state index in [9.17, 15) is 9.59 Å². The van der Waals surface area contributed by atoms with Crippen LogP contribution in [-0.2, 0) is 9.59 Å². The lowest BCUT2D eigenvalue weighted by Gasteiger charge is -2.34. The van der Waals surface area contributed by atoms with E-state index in [0.717, 1.165) is 57.3 Å². The molecule has 5 heteroatoms. The second-order valence-electron chi connectivity index (χ2n) is 9.65. The van der Waals surface area contributed by atoms with Crippen molar-refractivity contribution in [2.24, 2.45) is 5.92 Å². The zero-order valence-corrected chi connectivity index (χ0v) is 19.7. The highest BCUT2D eigenvalue weighted by atomic mass is 16.2. The number of hydrogen-bond acceptors (Lipinski definition) is 3. The molecule has 1 unspecified atom stereocenters. The Hall–Kier alpha value is -2.66. The number of piperidine rings is 1. The monoisotopic (exact) mass is 447 g/mol. The van der Waals surface area contributed by atoms with Gasteiger partial charge in [0.1, 0.15) is 0 Å². The Balaban J connectivity index is 1.24. The van der Waals surface area contributed by atoms with E-state index in [1.54, 1.807) is 0 Å². The first-order chi connectivity index (χ1) is 16.1. The molecule has 1 saturated heterocycles. The molecule has 5 nitrogen and oxygen atoms in total. The Morgan fingerprint density at radius 2 is 1.52 bits per heavy atom. The average molecular weight is 448 g/mol. The third-order valence-electron chi connectivity index (χ3n) is 7.36. The number of nitrogens with one attached hydrogen (secondary N) is 2. The molecule has 1 aliphatic heterocycles. The molecule has 1 saturated carbocycles. The van der Waals surface area contributed by atoms with Gasteiger partial charge in [-0.15, -0.1) is 0 Å². The zero-order chi connectivity index (χ0) is 23.0. The van der Waals surface area contributed by atoms with Crippen LogP contribution in [0.2, 0.25) is 0 Å². The van der Waals surface area contributed by atoms with Crippen molar-refractivity contribution >= 4 is 11.8 Å². The predicted octanol–water partition coefficient (Wildman–Crippen LogP) is 4.42. The van der Waals surface area contributed by atoms with Crippen LogP contribution in [0.4, 0.5) is 0 Å². The number of nitrogens with zero attached hydrogens (tertiary/aromatic N) is 1. The van der Waals surface area contributed by atoms with Crippen LogP contribution in [0.15, 0.2) is 60.7 Å². The topological polar surface area (TPSA) is 61.4 Å². The predicted molar refractivity (Wildman–Crippen MR) is 132 cm³/mol. The van der Waals surface area contributed by atoms with Crippen molar-refractivity contribution in [1.29, 1.82) is 0 Å². The molecular formula is C28H37N3O2. The second kappa shape index (κ2) is 11.5. The largest absolute Gasteiger partial charge is 0.353 e. The fourth-order valence-corrected chi connectivity index (χ4v) is 4.80. The van der Waals surface area contributed by atoms with E-state index in [-0.39, 0.29) is 35.7 Å². The van der Waals surface area contributed by atoms with Crippen LogP contribution in [0, 0.1) is 5.92 Å². The minimum atomic E-state index is -0.130. The highest BCUT2D eigenvalue weighted by Crippen LogP contribution is 2.28. The molecule has 4 rings (SSSR count). The molecule has 0 bridgehead atoms. The van der Waals surface area contributed by atoms with Gasteiger partial charge in [0.15, 0.2) is 0 Å². The summed E-state index contributed by atoms with van der Waals surface area (Å²) in [6.45, 7) is 4.87. The smallest absolute Gasteiger partial charge is 0.227 e. The molecule has 2 aromatic carbocycles. The van der Waals surface area contributed by atoms with Gasteiger partial charge < -0.3 is 15.5 Å². The minimum absolute atomic E-state index is 0.0587. The number of benzene rings is 2. The first-order valence-electron chi connectivity index (χ1n) is 12.5. The molecule has 0 aromatic heterocycles. The fraction of sp³-hybridized carbons (Fsp3) is 0.500. The van der Waals surface area contributed by atoms with E-state index < -0.39 is 0 Å². The lowest BCUT2D eigenvalue weighted by Crippen LogP contribution is -2.46. The number of amides is 2. The van der Waals surface area contributed by atoms with Crippen molar-refractivity contribution in [1.82, 2.24) is 15.5 Å². The molecule has 2 aliphatic rings. The lowest BCUT2D eigenvalue weighted by atomic mass is 9.84. The molecule has 2 N–H and O–H groups in total. The van der Waals surface area contributed by atoms with Gasteiger partial charge >= 0.3 is 0 Å². The third-order valence-corrected chi connectivity index (χ3v) is 7.36. The van der Waals surface area contributed by atoms with Crippen LogP contribution < -0.4 is 10.6 Å². The number of carbonyl (C=O) groups is 2. The summed E-state index contributed by atoms with van der Waals surface area (Å²) in [7, 11) is 0. The van der Waals surface area contributed by atoms with Crippen LogP contribution in [-0.4, -0.2) is 42.4 Å². The van der Waals surface area contributed by atoms with Gasteiger partial charge in [-0.05, 0) is 50.2 Å². The highest BCUT2D eigenvalue weighted by Gasteiger charge is 2.28. The van der Waals surface area contributed by atoms with Gasteiger partial charge in [-0.25, -0.2) is 0 Å². The van der Waals surface area contributed by atoms with Gasteiger partial charge in [-0.2, -0.15) is 0 Å². The van der Waals surface area contributed by atoms with Crippen molar-refractivity contribution in [3.8, 4) is 0 Å². The van der Waals surface area contributed by atoms with Crippen molar-refractivity contribution in [3.63, 3.8) is 0 Å². The van der Waals surface area contributed by atoms with E-state index >= 15 is 0 Å². The summed E-state index contributed by atoms with van der Waals surface area (Å²) < 4.78 is 0. The maximum absolute atomic E-state index is 12.7. The van der Waals surface area contributed by atoms with E-state index in [2.05, 4.69) is 27.7 Å². The highest BCUT2D eigenvalue weighted by molar-refractivity contribution is 5.83. The summed E-state index contributed by atoms with van der Waals surface area (Å²) >= 11 is 0. The van der Waals surface area contributed by atoms with E-state index in [1.165, 1.54) is 12.0 Å². The maximum atomic E-state index is 12.7. The molecular weight excluding hydrogens is 410 g/mol. The second-order valence-corrected chi connectivity index (χ2v) is 9.65. The summed E-state index contributed by atoms with van der Waals surface area (Å²) in [5.74, 6) is 0.399. The van der Waals surface area contributed by atoms with Gasteiger partial charge in [-0.3, -0.25) is 9.59 Å². The lowest BCUT2D eigenvalue weighted by molar-refractivity contribution is -0.128. The molecule has 0 spiro atoms. The Morgan fingerprint density at radius 3 is 2.09 bits per heavy atom. The molecule has 2 amide bonds. The van der Waals surface area contributed by atoms with Gasteiger partial charge in [-0.1, -0.05) is 67.1 Å². The SMILES string of the molecule is C[C@H](C(=O)NC1CCN(CCC(NC(=O)C2CCC2)c2ccccc2)CC1)c1ccccc1. The molecule has 2 aromatic rings. The van der Waals surface area contributed by atoms with Crippen LogP contribution in [0.3, 0.4) is 0 Å². The molecule has 0 radical (unpaired) electrons. The summed E-state index contributed by atoms with van der Waals surface area (Å²) in [6.07, 6.45) is 6.06. The molecule has 1 heterocycles. The Kier molecular flexibility index (Phi) is 8.16. The molecule has 2 atom stereocenters. The first-order valence-corrected chi connectivity index (χ1v) is 12.5. The van der Waals surface area contributed by atoms with Gasteiger partial charge in [0, 0.05) is 31.6 Å². The number of likely N-dealkylation sites (tertiary alicyclic amines) is 1. The molecule has 1 aliphatic carbocycles.